The zero-order chi connectivity index (χ0) is 11.0. The Balaban J connectivity index is 3.54. The summed E-state index contributed by atoms with van der Waals surface area (Å²) < 4.78 is 10.3. The lowest BCUT2D eigenvalue weighted by Crippen LogP contribution is -2.23. The number of ether oxygens (including phenoxy) is 2. The number of carbonyl (C=O) groups is 1. The van der Waals surface area contributed by atoms with Crippen LogP contribution in [0.25, 0.3) is 0 Å². The molecule has 0 aromatic rings. The van der Waals surface area contributed by atoms with E-state index in [1.165, 1.54) is 0 Å². The molecule has 14 heavy (non-hydrogen) atoms. The molecule has 84 valence electrons. The Kier molecular flexibility index (Phi) is 7.37. The molecule has 0 fully saturated rings. The molecule has 2 unspecified atom stereocenters. The van der Waals surface area contributed by atoms with Crippen LogP contribution in [-0.4, -0.2) is 25.2 Å². The van der Waals surface area contributed by atoms with Crippen LogP contribution in [0.15, 0.2) is 0 Å². The van der Waals surface area contributed by atoms with Gasteiger partial charge in [0.1, 0.15) is 0 Å². The molecule has 0 aliphatic heterocycles. The van der Waals surface area contributed by atoms with Gasteiger partial charge < -0.3 is 9.47 Å². The summed E-state index contributed by atoms with van der Waals surface area (Å²) in [4.78, 5) is 19.8. The van der Waals surface area contributed by atoms with Crippen molar-refractivity contribution in [3.63, 3.8) is 0 Å². The smallest absolute Gasteiger partial charge is 0.342 e. The van der Waals surface area contributed by atoms with E-state index in [1.54, 1.807) is 20.8 Å². The fraction of sp³-hybridized carbons (Fsp3) is 0.889. The minimum atomic E-state index is -0.632. The fourth-order valence-electron chi connectivity index (χ4n) is 0.747. The van der Waals surface area contributed by atoms with Gasteiger partial charge in [-0.25, -0.2) is 4.79 Å². The van der Waals surface area contributed by atoms with E-state index in [4.69, 9.17) is 9.47 Å². The maximum atomic E-state index is 10.7. The Bertz CT molecular complexity index is 159. The standard InChI is InChI=1S/C9H18O5/c1-5-9(10)14-13-8(4)12-7(3)11-6-2/h7-8H,5-6H2,1-4H3. The van der Waals surface area contributed by atoms with Crippen molar-refractivity contribution in [2.45, 2.75) is 46.7 Å². The van der Waals surface area contributed by atoms with Gasteiger partial charge in [0.05, 0.1) is 0 Å². The van der Waals surface area contributed by atoms with Gasteiger partial charge in [-0.15, -0.1) is 0 Å². The molecule has 0 heterocycles. The predicted octanol–water partition coefficient (Wildman–Crippen LogP) is 1.62. The van der Waals surface area contributed by atoms with Crippen LogP contribution in [0.3, 0.4) is 0 Å². The monoisotopic (exact) mass is 206 g/mol. The summed E-state index contributed by atoms with van der Waals surface area (Å²) in [5.41, 5.74) is 0. The van der Waals surface area contributed by atoms with Gasteiger partial charge in [0.2, 0.25) is 6.29 Å². The molecular weight excluding hydrogens is 188 g/mol. The van der Waals surface area contributed by atoms with Gasteiger partial charge in [-0.1, -0.05) is 6.92 Å². The van der Waals surface area contributed by atoms with Crippen molar-refractivity contribution in [1.82, 2.24) is 0 Å². The second kappa shape index (κ2) is 7.73. The molecule has 0 amide bonds. The molecule has 0 saturated carbocycles. The van der Waals surface area contributed by atoms with Crippen LogP contribution in [0.2, 0.25) is 0 Å². The summed E-state index contributed by atoms with van der Waals surface area (Å²) in [5.74, 6) is -0.426. The van der Waals surface area contributed by atoms with Gasteiger partial charge in [-0.05, 0) is 20.8 Å². The van der Waals surface area contributed by atoms with Crippen molar-refractivity contribution in [1.29, 1.82) is 0 Å². The molecule has 0 bridgehead atoms. The highest BCUT2D eigenvalue weighted by Gasteiger charge is 2.11. The van der Waals surface area contributed by atoms with E-state index in [-0.39, 0.29) is 12.7 Å². The van der Waals surface area contributed by atoms with E-state index in [1.807, 2.05) is 6.92 Å². The number of hydrogen-bond donors (Lipinski definition) is 0. The van der Waals surface area contributed by atoms with Gasteiger partial charge in [0.15, 0.2) is 6.29 Å². The molecule has 5 heteroatoms. The normalized spacial score (nSPS) is 14.9. The molecular formula is C9H18O5. The minimum Gasteiger partial charge on any atom is -0.353 e. The van der Waals surface area contributed by atoms with Crippen molar-refractivity contribution in [3.05, 3.63) is 0 Å². The third-order valence-corrected chi connectivity index (χ3v) is 1.35. The molecule has 0 aromatic carbocycles. The second-order valence-corrected chi connectivity index (χ2v) is 2.63. The molecule has 0 aromatic heterocycles. The van der Waals surface area contributed by atoms with Gasteiger partial charge in [-0.3, -0.25) is 4.89 Å². The first-order chi connectivity index (χ1) is 6.60. The summed E-state index contributed by atoms with van der Waals surface area (Å²) >= 11 is 0. The lowest BCUT2D eigenvalue weighted by molar-refractivity contribution is -0.368. The Morgan fingerprint density at radius 1 is 1.21 bits per heavy atom. The van der Waals surface area contributed by atoms with Crippen LogP contribution in [-0.2, 0) is 24.0 Å². The first kappa shape index (κ1) is 13.4. The summed E-state index contributed by atoms with van der Waals surface area (Å²) in [6.07, 6.45) is -0.740. The second-order valence-electron chi connectivity index (χ2n) is 2.63. The zero-order valence-electron chi connectivity index (χ0n) is 9.11. The van der Waals surface area contributed by atoms with Crippen molar-refractivity contribution < 1.29 is 24.0 Å². The van der Waals surface area contributed by atoms with Crippen LogP contribution < -0.4 is 0 Å². The molecule has 2 atom stereocenters. The molecule has 0 aliphatic carbocycles. The van der Waals surface area contributed by atoms with Gasteiger partial charge in [-0.2, -0.15) is 4.89 Å². The van der Waals surface area contributed by atoms with E-state index in [0.717, 1.165) is 0 Å². The maximum absolute atomic E-state index is 10.7. The summed E-state index contributed by atoms with van der Waals surface area (Å²) in [7, 11) is 0. The van der Waals surface area contributed by atoms with E-state index >= 15 is 0 Å². The fourth-order valence-corrected chi connectivity index (χ4v) is 0.747. The van der Waals surface area contributed by atoms with Crippen molar-refractivity contribution in [2.75, 3.05) is 6.61 Å². The Labute approximate surface area is 84.2 Å². The molecule has 0 N–H and O–H groups in total. The maximum Gasteiger partial charge on any atom is 0.342 e. The van der Waals surface area contributed by atoms with E-state index in [0.29, 0.717) is 6.61 Å². The average Bonchev–Trinajstić information content (AvgIpc) is 2.14. The highest BCUT2D eigenvalue weighted by molar-refractivity contribution is 5.68. The first-order valence-electron chi connectivity index (χ1n) is 4.73. The van der Waals surface area contributed by atoms with Crippen LogP contribution in [0.5, 0.6) is 0 Å². The Morgan fingerprint density at radius 3 is 2.36 bits per heavy atom. The summed E-state index contributed by atoms with van der Waals surface area (Å²) in [5, 5.41) is 0. The molecule has 0 spiro atoms. The largest absolute Gasteiger partial charge is 0.353 e. The Hall–Kier alpha value is -0.650. The molecule has 0 radical (unpaired) electrons. The van der Waals surface area contributed by atoms with E-state index in [9.17, 15) is 4.79 Å². The lowest BCUT2D eigenvalue weighted by atomic mass is 10.5. The van der Waals surface area contributed by atoms with E-state index in [2.05, 4.69) is 9.78 Å². The van der Waals surface area contributed by atoms with E-state index < -0.39 is 12.3 Å². The molecule has 5 nitrogen and oxygen atoms in total. The summed E-state index contributed by atoms with van der Waals surface area (Å²) in [6, 6.07) is 0. The highest BCUT2D eigenvalue weighted by Crippen LogP contribution is 2.02. The topological polar surface area (TPSA) is 54.0 Å². The van der Waals surface area contributed by atoms with Gasteiger partial charge >= 0.3 is 5.97 Å². The van der Waals surface area contributed by atoms with Crippen molar-refractivity contribution in [3.8, 4) is 0 Å². The van der Waals surface area contributed by atoms with Crippen LogP contribution in [0.4, 0.5) is 0 Å². The minimum absolute atomic E-state index is 0.272. The number of carbonyl (C=O) groups excluding carboxylic acids is 1. The van der Waals surface area contributed by atoms with Crippen molar-refractivity contribution >= 4 is 5.97 Å². The number of rotatable bonds is 7. The van der Waals surface area contributed by atoms with Crippen LogP contribution in [0.1, 0.15) is 34.1 Å². The van der Waals surface area contributed by atoms with Crippen LogP contribution in [0, 0.1) is 0 Å². The quantitative estimate of drug-likeness (QED) is 0.360. The van der Waals surface area contributed by atoms with Crippen molar-refractivity contribution in [2.24, 2.45) is 0 Å². The lowest BCUT2D eigenvalue weighted by Gasteiger charge is -2.17. The molecule has 0 aliphatic rings. The third-order valence-electron chi connectivity index (χ3n) is 1.35. The van der Waals surface area contributed by atoms with Gasteiger partial charge in [0.25, 0.3) is 0 Å². The van der Waals surface area contributed by atoms with Gasteiger partial charge in [0, 0.05) is 13.0 Å². The summed E-state index contributed by atoms with van der Waals surface area (Å²) in [6.45, 7) is 7.47. The average molecular weight is 206 g/mol. The molecule has 0 saturated heterocycles. The first-order valence-corrected chi connectivity index (χ1v) is 4.73. The number of hydrogen-bond acceptors (Lipinski definition) is 5. The molecule has 0 rings (SSSR count). The Morgan fingerprint density at radius 2 is 1.86 bits per heavy atom. The zero-order valence-corrected chi connectivity index (χ0v) is 9.11. The highest BCUT2D eigenvalue weighted by atomic mass is 17.2. The SMILES string of the molecule is CCOC(C)OC(C)OOC(=O)CC. The predicted molar refractivity (Wildman–Crippen MR) is 49.1 cm³/mol. The van der Waals surface area contributed by atoms with Crippen LogP contribution >= 0.6 is 0 Å². The third kappa shape index (κ3) is 6.82.